The lowest BCUT2D eigenvalue weighted by atomic mass is 10.1. The molecule has 7 N–H and O–H groups in total. The van der Waals surface area contributed by atoms with Crippen LogP contribution < -0.4 is 5.73 Å². The Hall–Kier alpha value is -2.59. The predicted octanol–water partition coefficient (Wildman–Crippen LogP) is 9.21. The van der Waals surface area contributed by atoms with E-state index in [0.29, 0.717) is 6.42 Å². The molecule has 16 heteroatoms. The largest absolute Gasteiger partial charge is 0.481 e. The van der Waals surface area contributed by atoms with E-state index in [9.17, 15) is 34.1 Å². The van der Waals surface area contributed by atoms with Crippen molar-refractivity contribution in [3.63, 3.8) is 0 Å². The summed E-state index contributed by atoms with van der Waals surface area (Å²) in [5, 5.41) is 37.9. The van der Waals surface area contributed by atoms with E-state index >= 15 is 0 Å². The summed E-state index contributed by atoms with van der Waals surface area (Å²) < 4.78 is 32.8. The average molecular weight is 932 g/mol. The molecule has 0 aliphatic heterocycles. The molecule has 0 aromatic carbocycles. The number of carbonyl (C=O) groups is 3. The van der Waals surface area contributed by atoms with Gasteiger partial charge in [0.2, 0.25) is 0 Å². The van der Waals surface area contributed by atoms with Crippen molar-refractivity contribution in [2.45, 2.75) is 185 Å². The molecule has 0 fully saturated rings. The number of phosphoric ester groups is 1. The second-order valence-electron chi connectivity index (χ2n) is 15.6. The number of ether oxygens (including phenoxy) is 2. The molecule has 0 aromatic rings. The number of esters is 2. The molecular weight excluding hydrogens is 850 g/mol. The zero-order chi connectivity index (χ0) is 46.8. The molecule has 0 spiro atoms. The van der Waals surface area contributed by atoms with Crippen LogP contribution in [-0.2, 0) is 37.5 Å². The molecule has 0 aliphatic carbocycles. The summed E-state index contributed by atoms with van der Waals surface area (Å²) >= 11 is 1.19. The molecular formula is C47H82NO13PS. The number of unbranched alkanes of at least 4 members (excludes halogenated alkanes) is 14. The second-order valence-corrected chi connectivity index (χ2v) is 18.3. The Balaban J connectivity index is 5.18. The number of aliphatic carboxylic acids is 1. The molecule has 1 unspecified atom stereocenters. The minimum atomic E-state index is -4.76. The highest BCUT2D eigenvalue weighted by Gasteiger charge is 2.28. The summed E-state index contributed by atoms with van der Waals surface area (Å²) in [6.45, 7) is 1.75. The van der Waals surface area contributed by atoms with E-state index in [4.69, 9.17) is 29.9 Å². The van der Waals surface area contributed by atoms with Gasteiger partial charge in [0.05, 0.1) is 25.9 Å². The fourth-order valence-corrected chi connectivity index (χ4v) is 7.81. The molecule has 0 rings (SSSR count). The van der Waals surface area contributed by atoms with Gasteiger partial charge < -0.3 is 40.5 Å². The summed E-state index contributed by atoms with van der Waals surface area (Å²) in [6, 6.07) is -1.18. The van der Waals surface area contributed by atoms with Crippen LogP contribution in [0.4, 0.5) is 0 Å². The van der Waals surface area contributed by atoms with E-state index in [-0.39, 0.29) is 31.4 Å². The number of nitrogens with two attached hydrogens (primary N) is 1. The number of hydrogen-bond acceptors (Lipinski definition) is 13. The summed E-state index contributed by atoms with van der Waals surface area (Å²) in [6.07, 6.45) is 36.5. The van der Waals surface area contributed by atoms with Crippen LogP contribution in [0, 0.1) is 0 Å². The van der Waals surface area contributed by atoms with Crippen LogP contribution >= 0.6 is 19.6 Å². The first kappa shape index (κ1) is 60.4. The molecule has 364 valence electrons. The van der Waals surface area contributed by atoms with E-state index in [1.54, 1.807) is 18.2 Å². The highest BCUT2D eigenvalue weighted by atomic mass is 32.2. The van der Waals surface area contributed by atoms with Crippen LogP contribution in [0.2, 0.25) is 0 Å². The van der Waals surface area contributed by atoms with Crippen molar-refractivity contribution in [2.24, 2.45) is 5.73 Å². The molecule has 6 atom stereocenters. The highest BCUT2D eigenvalue weighted by molar-refractivity contribution is 8.00. The summed E-state index contributed by atoms with van der Waals surface area (Å²) in [5.74, 6) is -2.43. The molecule has 0 aliphatic rings. The molecule has 0 heterocycles. The molecule has 0 saturated heterocycles. The van der Waals surface area contributed by atoms with Crippen molar-refractivity contribution in [2.75, 3.05) is 32.2 Å². The van der Waals surface area contributed by atoms with Crippen molar-refractivity contribution >= 4 is 37.5 Å². The van der Waals surface area contributed by atoms with Crippen LogP contribution in [0.15, 0.2) is 60.8 Å². The number of carboxylic acid groups (broad SMARTS) is 1. The van der Waals surface area contributed by atoms with Crippen LogP contribution in [0.5, 0.6) is 0 Å². The van der Waals surface area contributed by atoms with Gasteiger partial charge in [0.25, 0.3) is 0 Å². The lowest BCUT2D eigenvalue weighted by Crippen LogP contribution is -2.38. The fraction of sp³-hybridized carbons (Fsp3) is 0.723. The highest BCUT2D eigenvalue weighted by Crippen LogP contribution is 2.43. The summed E-state index contributed by atoms with van der Waals surface area (Å²) in [5.41, 5.74) is 6.16. The first-order valence-electron chi connectivity index (χ1n) is 23.2. The monoisotopic (exact) mass is 932 g/mol. The lowest BCUT2D eigenvalue weighted by molar-refractivity contribution is -0.161. The van der Waals surface area contributed by atoms with Gasteiger partial charge in [-0.2, -0.15) is 0 Å². The van der Waals surface area contributed by atoms with E-state index in [0.717, 1.165) is 51.4 Å². The Bertz CT molecular complexity index is 1360. The van der Waals surface area contributed by atoms with Crippen molar-refractivity contribution in [3.8, 4) is 0 Å². The van der Waals surface area contributed by atoms with Gasteiger partial charge in [-0.3, -0.25) is 23.4 Å². The normalized spacial score (nSPS) is 15.7. The lowest BCUT2D eigenvalue weighted by Gasteiger charge is -2.22. The number of aliphatic hydroxyl groups excluding tert-OH is 3. The minimum Gasteiger partial charge on any atom is -0.481 e. The van der Waals surface area contributed by atoms with Crippen LogP contribution in [0.25, 0.3) is 0 Å². The van der Waals surface area contributed by atoms with Crippen molar-refractivity contribution in [1.29, 1.82) is 0 Å². The predicted molar refractivity (Wildman–Crippen MR) is 252 cm³/mol. The maximum atomic E-state index is 13.0. The second kappa shape index (κ2) is 42.1. The molecule has 0 bridgehead atoms. The first-order chi connectivity index (χ1) is 30.3. The third kappa shape index (κ3) is 39.5. The van der Waals surface area contributed by atoms with Crippen molar-refractivity contribution in [1.82, 2.24) is 0 Å². The average Bonchev–Trinajstić information content (AvgIpc) is 3.25. The number of carbonyl (C=O) groups excluding carboxylic acids is 2. The standard InChI is InChI=1S/C47H82NO13PS/c1-3-5-7-9-11-13-15-17-18-19-21-23-25-27-29-34-46(54)61-41(38-60-62(56,57)59-36-40(50)35-49)37-58-47(55)42(48)39-63-44(43(51)31-30-33-45(52)53)32-28-26-24-22-20-16-14-12-10-8-6-4-2/h12,14,17-18,20,22,24,26,28,32,40-44,49-51H,3-11,13,15-16,19,21,23,25,27,29-31,33-39,48H2,1-2H3,(H,52,53)(H,56,57)/b14-12-,18-17-,22-20-,26-24+,32-28+/t40-,41+,42-,43-,44+/m0/s1. The topological polar surface area (TPSA) is 232 Å². The zero-order valence-electron chi connectivity index (χ0n) is 38.2. The molecule has 14 nitrogen and oxygen atoms in total. The Morgan fingerprint density at radius 1 is 0.698 bits per heavy atom. The Labute approximate surface area is 382 Å². The van der Waals surface area contributed by atoms with Crippen molar-refractivity contribution < 1.29 is 62.8 Å². The number of hydrogen-bond donors (Lipinski definition) is 6. The number of phosphoric acid groups is 1. The van der Waals surface area contributed by atoms with E-state index in [1.807, 2.05) is 18.2 Å². The Morgan fingerprint density at radius 2 is 1.27 bits per heavy atom. The zero-order valence-corrected chi connectivity index (χ0v) is 39.9. The number of thioether (sulfide) groups is 1. The third-order valence-electron chi connectivity index (χ3n) is 9.64. The molecule has 0 aromatic heterocycles. The van der Waals surface area contributed by atoms with Gasteiger partial charge in [-0.1, -0.05) is 139 Å². The quantitative estimate of drug-likeness (QED) is 0.0110. The smallest absolute Gasteiger partial charge is 0.472 e. The molecule has 0 saturated carbocycles. The van der Waals surface area contributed by atoms with Gasteiger partial charge in [0.15, 0.2) is 6.10 Å². The van der Waals surface area contributed by atoms with Gasteiger partial charge in [0, 0.05) is 23.8 Å². The van der Waals surface area contributed by atoms with Gasteiger partial charge >= 0.3 is 25.7 Å². The van der Waals surface area contributed by atoms with E-state index in [1.165, 1.54) is 69.5 Å². The number of rotatable bonds is 43. The third-order valence-corrected chi connectivity index (χ3v) is 12.0. The maximum Gasteiger partial charge on any atom is 0.472 e. The molecule has 0 amide bonds. The minimum absolute atomic E-state index is 0.0152. The number of allylic oxidation sites excluding steroid dienone is 9. The Morgan fingerprint density at radius 3 is 1.92 bits per heavy atom. The van der Waals surface area contributed by atoms with Gasteiger partial charge in [0.1, 0.15) is 18.8 Å². The molecule has 0 radical (unpaired) electrons. The summed E-state index contributed by atoms with van der Waals surface area (Å²) in [4.78, 5) is 46.8. The first-order valence-corrected chi connectivity index (χ1v) is 25.7. The fourth-order valence-electron chi connectivity index (χ4n) is 5.90. The van der Waals surface area contributed by atoms with Crippen LogP contribution in [0.3, 0.4) is 0 Å². The van der Waals surface area contributed by atoms with Crippen LogP contribution in [-0.4, -0.2) is 105 Å². The van der Waals surface area contributed by atoms with Crippen molar-refractivity contribution in [3.05, 3.63) is 60.8 Å². The van der Waals surface area contributed by atoms with Gasteiger partial charge in [-0.25, -0.2) is 4.57 Å². The Kier molecular flexibility index (Phi) is 40.3. The number of aliphatic hydroxyl groups is 3. The number of carboxylic acids is 1. The van der Waals surface area contributed by atoms with Gasteiger partial charge in [-0.15, -0.1) is 11.8 Å². The summed E-state index contributed by atoms with van der Waals surface area (Å²) in [7, 11) is -4.76. The van der Waals surface area contributed by atoms with E-state index in [2.05, 4.69) is 42.7 Å². The molecule has 63 heavy (non-hydrogen) atoms. The maximum absolute atomic E-state index is 13.0. The van der Waals surface area contributed by atoms with E-state index < -0.39 is 81.8 Å². The van der Waals surface area contributed by atoms with Gasteiger partial charge in [-0.05, 0) is 64.2 Å². The SMILES string of the molecule is CCCCC/C=C\C\C=C/C=C/C=C/[C@@H](SC[C@H](N)C(=O)OC[C@H](COP(=O)(O)OC[C@@H](O)CO)OC(=O)CCCCCCC/C=C\CCCCCCCC)[C@@H](O)CCCC(=O)O. The van der Waals surface area contributed by atoms with Crippen LogP contribution in [0.1, 0.15) is 155 Å².